The first-order chi connectivity index (χ1) is 16.4. The van der Waals surface area contributed by atoms with Crippen molar-refractivity contribution < 1.29 is 24.2 Å². The van der Waals surface area contributed by atoms with E-state index < -0.39 is 6.10 Å². The highest BCUT2D eigenvalue weighted by Crippen LogP contribution is 2.15. The number of ether oxygens (including phenoxy) is 2. The quantitative estimate of drug-likeness (QED) is 0.112. The first kappa shape index (κ1) is 32.9. The number of carbonyl (C=O) groups excluding carboxylic acids is 2. The molecule has 0 spiro atoms. The average Bonchev–Trinajstić information content (AvgIpc) is 2.81. The highest BCUT2D eigenvalue weighted by Gasteiger charge is 2.16. The molecule has 0 aliphatic carbocycles. The molecule has 0 saturated heterocycles. The lowest BCUT2D eigenvalue weighted by Crippen LogP contribution is -2.28. The molecule has 0 aromatic rings. The van der Waals surface area contributed by atoms with Crippen molar-refractivity contribution in [2.75, 3.05) is 13.2 Å². The van der Waals surface area contributed by atoms with E-state index in [4.69, 9.17) is 9.47 Å². The Morgan fingerprint density at radius 2 is 1.15 bits per heavy atom. The van der Waals surface area contributed by atoms with E-state index >= 15 is 0 Å². The van der Waals surface area contributed by atoms with Crippen LogP contribution in [0.3, 0.4) is 0 Å². The minimum atomic E-state index is -0.761. The zero-order valence-electron chi connectivity index (χ0n) is 23.0. The van der Waals surface area contributed by atoms with Crippen LogP contribution in [0, 0.1) is 11.8 Å². The van der Waals surface area contributed by atoms with Gasteiger partial charge in [0.05, 0.1) is 6.61 Å². The van der Waals surface area contributed by atoms with Gasteiger partial charge in [-0.15, -0.1) is 0 Å². The van der Waals surface area contributed by atoms with E-state index in [1.165, 1.54) is 64.2 Å². The van der Waals surface area contributed by atoms with Crippen molar-refractivity contribution in [3.8, 4) is 0 Å². The molecule has 0 bridgehead atoms. The zero-order chi connectivity index (χ0) is 25.4. The van der Waals surface area contributed by atoms with E-state index in [0.29, 0.717) is 12.8 Å². The summed E-state index contributed by atoms with van der Waals surface area (Å²) in [7, 11) is 0. The van der Waals surface area contributed by atoms with Crippen LogP contribution in [0.5, 0.6) is 0 Å². The summed E-state index contributed by atoms with van der Waals surface area (Å²) in [6.45, 7) is 8.70. The largest absolute Gasteiger partial charge is 0.462 e. The van der Waals surface area contributed by atoms with Crippen LogP contribution < -0.4 is 0 Å². The molecular formula is C29H56O5. The number of aliphatic hydroxyl groups is 1. The molecule has 0 fully saturated rings. The second-order valence-corrected chi connectivity index (χ2v) is 10.6. The first-order valence-corrected chi connectivity index (χ1v) is 14.3. The number of rotatable bonds is 24. The summed E-state index contributed by atoms with van der Waals surface area (Å²) < 4.78 is 10.5. The van der Waals surface area contributed by atoms with Gasteiger partial charge in [0.2, 0.25) is 0 Å². The second-order valence-electron chi connectivity index (χ2n) is 10.6. The molecule has 0 heterocycles. The molecular weight excluding hydrogens is 428 g/mol. The number of unbranched alkanes of at least 4 members (excludes halogenated alkanes) is 11. The van der Waals surface area contributed by atoms with Crippen LogP contribution in [0.4, 0.5) is 0 Å². The normalized spacial score (nSPS) is 13.1. The predicted molar refractivity (Wildman–Crippen MR) is 141 cm³/mol. The molecule has 5 heteroatoms. The lowest BCUT2D eigenvalue weighted by atomic mass is 10.00. The Bertz CT molecular complexity index is 477. The molecule has 0 aliphatic rings. The summed E-state index contributed by atoms with van der Waals surface area (Å²) in [4.78, 5) is 23.9. The minimum Gasteiger partial charge on any atom is -0.462 e. The zero-order valence-corrected chi connectivity index (χ0v) is 23.0. The lowest BCUT2D eigenvalue weighted by Gasteiger charge is -2.15. The Labute approximate surface area is 210 Å². The molecule has 0 rings (SSSR count). The Hall–Kier alpha value is -1.10. The summed E-state index contributed by atoms with van der Waals surface area (Å²) in [5.74, 6) is 1.03. The maximum absolute atomic E-state index is 12.0. The predicted octanol–water partition coefficient (Wildman–Crippen LogP) is 7.77. The fraction of sp³-hybridized carbons (Fsp3) is 0.931. The van der Waals surface area contributed by atoms with Gasteiger partial charge in [-0.25, -0.2) is 0 Å². The summed E-state index contributed by atoms with van der Waals surface area (Å²) in [5.41, 5.74) is 0. The molecule has 202 valence electrons. The average molecular weight is 485 g/mol. The van der Waals surface area contributed by atoms with Gasteiger partial charge in [-0.2, -0.15) is 0 Å². The number of aliphatic hydroxyl groups excluding tert-OH is 1. The molecule has 0 radical (unpaired) electrons. The van der Waals surface area contributed by atoms with Gasteiger partial charge in [0.25, 0.3) is 0 Å². The molecule has 2 atom stereocenters. The summed E-state index contributed by atoms with van der Waals surface area (Å²) >= 11 is 0. The molecule has 34 heavy (non-hydrogen) atoms. The third-order valence-corrected chi connectivity index (χ3v) is 6.62. The summed E-state index contributed by atoms with van der Waals surface area (Å²) in [6, 6.07) is 0. The van der Waals surface area contributed by atoms with Crippen molar-refractivity contribution in [2.45, 2.75) is 149 Å². The third kappa shape index (κ3) is 22.7. The minimum absolute atomic E-state index is 0.0624. The molecule has 5 nitrogen and oxygen atoms in total. The lowest BCUT2D eigenvalue weighted by molar-refractivity contribution is -0.161. The highest BCUT2D eigenvalue weighted by molar-refractivity contribution is 5.70. The smallest absolute Gasteiger partial charge is 0.306 e. The van der Waals surface area contributed by atoms with E-state index in [1.807, 2.05) is 0 Å². The van der Waals surface area contributed by atoms with Crippen LogP contribution >= 0.6 is 0 Å². The van der Waals surface area contributed by atoms with Crippen LogP contribution in [0.2, 0.25) is 0 Å². The van der Waals surface area contributed by atoms with Gasteiger partial charge in [-0.1, -0.05) is 118 Å². The number of carbonyl (C=O) groups is 2. The van der Waals surface area contributed by atoms with Crippen molar-refractivity contribution in [2.24, 2.45) is 11.8 Å². The van der Waals surface area contributed by atoms with Gasteiger partial charge in [0, 0.05) is 12.8 Å². The van der Waals surface area contributed by atoms with Crippen molar-refractivity contribution >= 4 is 11.9 Å². The summed E-state index contributed by atoms with van der Waals surface area (Å²) in [5, 5.41) is 9.43. The maximum Gasteiger partial charge on any atom is 0.306 e. The molecule has 0 saturated carbocycles. The van der Waals surface area contributed by atoms with Crippen LogP contribution in [0.25, 0.3) is 0 Å². The van der Waals surface area contributed by atoms with Crippen LogP contribution in [-0.2, 0) is 19.1 Å². The molecule has 0 aromatic carbocycles. The molecule has 0 aliphatic heterocycles. The third-order valence-electron chi connectivity index (χ3n) is 6.62. The second kappa shape index (κ2) is 23.6. The molecule has 0 aromatic heterocycles. The Morgan fingerprint density at radius 3 is 1.65 bits per heavy atom. The van der Waals surface area contributed by atoms with E-state index in [9.17, 15) is 14.7 Å². The fourth-order valence-electron chi connectivity index (χ4n) is 4.01. The van der Waals surface area contributed by atoms with Crippen LogP contribution in [0.1, 0.15) is 143 Å². The van der Waals surface area contributed by atoms with Crippen molar-refractivity contribution in [1.82, 2.24) is 0 Å². The van der Waals surface area contributed by atoms with Crippen molar-refractivity contribution in [1.29, 1.82) is 0 Å². The van der Waals surface area contributed by atoms with Gasteiger partial charge in [0.15, 0.2) is 6.10 Å². The monoisotopic (exact) mass is 484 g/mol. The Balaban J connectivity index is 3.64. The standard InChI is InChI=1S/C29H56O5/c1-5-26(4)20-16-12-9-10-13-17-21-28(31)33-24-27(23-30)34-29(32)22-18-14-8-6-7-11-15-19-25(2)3/h25-27,30H,5-24H2,1-4H3/t26?,27-/m0/s1. The number of hydrogen-bond acceptors (Lipinski definition) is 5. The van der Waals surface area contributed by atoms with Crippen LogP contribution in [-0.4, -0.2) is 36.4 Å². The number of esters is 2. The van der Waals surface area contributed by atoms with Gasteiger partial charge in [-0.05, 0) is 24.7 Å². The Morgan fingerprint density at radius 1 is 0.676 bits per heavy atom. The topological polar surface area (TPSA) is 72.8 Å². The van der Waals surface area contributed by atoms with Gasteiger partial charge in [0.1, 0.15) is 6.61 Å². The highest BCUT2D eigenvalue weighted by atomic mass is 16.6. The van der Waals surface area contributed by atoms with Gasteiger partial charge < -0.3 is 14.6 Å². The van der Waals surface area contributed by atoms with Gasteiger partial charge >= 0.3 is 11.9 Å². The molecule has 1 N–H and O–H groups in total. The maximum atomic E-state index is 12.0. The SMILES string of the molecule is CCC(C)CCCCCCCCC(=O)OC[C@H](CO)OC(=O)CCCCCCCCCC(C)C. The number of hydrogen-bond donors (Lipinski definition) is 1. The first-order valence-electron chi connectivity index (χ1n) is 14.3. The molecule has 0 amide bonds. The Kier molecular flexibility index (Phi) is 22.9. The van der Waals surface area contributed by atoms with Gasteiger partial charge in [-0.3, -0.25) is 9.59 Å². The van der Waals surface area contributed by atoms with E-state index in [0.717, 1.165) is 50.4 Å². The fourth-order valence-corrected chi connectivity index (χ4v) is 4.01. The molecule has 1 unspecified atom stereocenters. The summed E-state index contributed by atoms with van der Waals surface area (Å²) in [6.07, 6.45) is 18.8. The van der Waals surface area contributed by atoms with Crippen molar-refractivity contribution in [3.05, 3.63) is 0 Å². The van der Waals surface area contributed by atoms with E-state index in [1.54, 1.807) is 0 Å². The van der Waals surface area contributed by atoms with Crippen molar-refractivity contribution in [3.63, 3.8) is 0 Å². The van der Waals surface area contributed by atoms with Crippen LogP contribution in [0.15, 0.2) is 0 Å². The van der Waals surface area contributed by atoms with E-state index in [2.05, 4.69) is 27.7 Å². The van der Waals surface area contributed by atoms with E-state index in [-0.39, 0.29) is 25.2 Å².